The van der Waals surface area contributed by atoms with Gasteiger partial charge in [0.25, 0.3) is 0 Å². The number of hydrogen-bond acceptors (Lipinski definition) is 2. The molecule has 0 aliphatic heterocycles. The van der Waals surface area contributed by atoms with Gasteiger partial charge in [0, 0.05) is 0 Å². The molecule has 0 atom stereocenters. The predicted molar refractivity (Wildman–Crippen MR) is 79.2 cm³/mol. The van der Waals surface area contributed by atoms with Crippen LogP contribution in [0, 0.1) is 0 Å². The summed E-state index contributed by atoms with van der Waals surface area (Å²) in [7, 11) is 1.67. The number of allylic oxidation sites excluding steroid dienone is 1. The van der Waals surface area contributed by atoms with E-state index in [0.29, 0.717) is 0 Å². The zero-order chi connectivity index (χ0) is 13.7. The van der Waals surface area contributed by atoms with Crippen LogP contribution in [-0.2, 0) is 0 Å². The quantitative estimate of drug-likeness (QED) is 0.900. The van der Waals surface area contributed by atoms with Gasteiger partial charge < -0.3 is 9.84 Å². The van der Waals surface area contributed by atoms with Crippen molar-refractivity contribution in [2.75, 3.05) is 13.7 Å². The first kappa shape index (κ1) is 13.4. The van der Waals surface area contributed by atoms with E-state index in [1.54, 1.807) is 13.2 Å². The standard InChI is InChI=1S/C17H18O2/c1-13(10-11-18)14-6-8-15(9-7-14)16-4-3-5-17(12-16)19-2/h3-10,12,18H,11H2,1-2H3. The van der Waals surface area contributed by atoms with E-state index in [0.717, 1.165) is 28.0 Å². The van der Waals surface area contributed by atoms with Crippen molar-refractivity contribution in [1.29, 1.82) is 0 Å². The molecule has 0 heterocycles. The lowest BCUT2D eigenvalue weighted by Crippen LogP contribution is -1.85. The fourth-order valence-corrected chi connectivity index (χ4v) is 1.98. The molecule has 0 aliphatic carbocycles. The van der Waals surface area contributed by atoms with Crippen LogP contribution >= 0.6 is 0 Å². The van der Waals surface area contributed by atoms with E-state index in [9.17, 15) is 0 Å². The maximum absolute atomic E-state index is 8.90. The molecule has 2 nitrogen and oxygen atoms in total. The van der Waals surface area contributed by atoms with E-state index in [1.807, 2.05) is 25.1 Å². The van der Waals surface area contributed by atoms with Crippen molar-refractivity contribution in [3.05, 3.63) is 60.2 Å². The molecule has 0 saturated carbocycles. The maximum Gasteiger partial charge on any atom is 0.119 e. The van der Waals surface area contributed by atoms with Crippen LogP contribution in [0.1, 0.15) is 12.5 Å². The number of aliphatic hydroxyl groups excluding tert-OH is 1. The average molecular weight is 254 g/mol. The minimum absolute atomic E-state index is 0.0729. The molecule has 0 unspecified atom stereocenters. The van der Waals surface area contributed by atoms with Crippen LogP contribution in [0.4, 0.5) is 0 Å². The lowest BCUT2D eigenvalue weighted by molar-refractivity contribution is 0.343. The minimum Gasteiger partial charge on any atom is -0.497 e. The second-order valence-electron chi connectivity index (χ2n) is 4.38. The Kier molecular flexibility index (Phi) is 4.37. The number of ether oxygens (including phenoxy) is 1. The first-order valence-electron chi connectivity index (χ1n) is 6.27. The molecule has 0 saturated heterocycles. The second-order valence-corrected chi connectivity index (χ2v) is 4.38. The van der Waals surface area contributed by atoms with Crippen molar-refractivity contribution in [1.82, 2.24) is 0 Å². The molecule has 0 spiro atoms. The van der Waals surface area contributed by atoms with Gasteiger partial charge in [-0.05, 0) is 41.3 Å². The first-order chi connectivity index (χ1) is 9.24. The Bertz CT molecular complexity index is 568. The fourth-order valence-electron chi connectivity index (χ4n) is 1.98. The molecule has 1 N–H and O–H groups in total. The lowest BCUT2D eigenvalue weighted by Gasteiger charge is -2.06. The number of aliphatic hydroxyl groups is 1. The summed E-state index contributed by atoms with van der Waals surface area (Å²) >= 11 is 0. The Morgan fingerprint density at radius 1 is 1.11 bits per heavy atom. The van der Waals surface area contributed by atoms with E-state index >= 15 is 0 Å². The van der Waals surface area contributed by atoms with Crippen molar-refractivity contribution in [2.24, 2.45) is 0 Å². The molecule has 0 aromatic heterocycles. The number of rotatable bonds is 4. The van der Waals surface area contributed by atoms with Gasteiger partial charge in [-0.2, -0.15) is 0 Å². The largest absolute Gasteiger partial charge is 0.497 e. The van der Waals surface area contributed by atoms with E-state index in [4.69, 9.17) is 9.84 Å². The molecule has 98 valence electrons. The van der Waals surface area contributed by atoms with Gasteiger partial charge in [0.2, 0.25) is 0 Å². The Hall–Kier alpha value is -2.06. The summed E-state index contributed by atoms with van der Waals surface area (Å²) < 4.78 is 5.23. The van der Waals surface area contributed by atoms with E-state index in [1.165, 1.54) is 0 Å². The van der Waals surface area contributed by atoms with Crippen molar-refractivity contribution >= 4 is 5.57 Å². The van der Waals surface area contributed by atoms with Crippen molar-refractivity contribution in [3.8, 4) is 16.9 Å². The first-order valence-corrected chi connectivity index (χ1v) is 6.27. The number of methoxy groups -OCH3 is 1. The monoisotopic (exact) mass is 254 g/mol. The summed E-state index contributed by atoms with van der Waals surface area (Å²) in [4.78, 5) is 0. The van der Waals surface area contributed by atoms with Crippen LogP contribution in [0.3, 0.4) is 0 Å². The van der Waals surface area contributed by atoms with E-state index in [-0.39, 0.29) is 6.61 Å². The van der Waals surface area contributed by atoms with Crippen molar-refractivity contribution in [3.63, 3.8) is 0 Å². The average Bonchev–Trinajstić information content (AvgIpc) is 2.48. The van der Waals surface area contributed by atoms with Crippen LogP contribution in [0.2, 0.25) is 0 Å². The molecular formula is C17H18O2. The summed E-state index contributed by atoms with van der Waals surface area (Å²) in [6, 6.07) is 16.3. The van der Waals surface area contributed by atoms with Gasteiger partial charge in [0.1, 0.15) is 5.75 Å². The number of hydrogen-bond donors (Lipinski definition) is 1. The van der Waals surface area contributed by atoms with Gasteiger partial charge in [-0.15, -0.1) is 0 Å². The van der Waals surface area contributed by atoms with Crippen LogP contribution in [0.25, 0.3) is 16.7 Å². The summed E-state index contributed by atoms with van der Waals surface area (Å²) in [5.74, 6) is 0.859. The van der Waals surface area contributed by atoms with Gasteiger partial charge in [-0.25, -0.2) is 0 Å². The van der Waals surface area contributed by atoms with Gasteiger partial charge in [0.15, 0.2) is 0 Å². The van der Waals surface area contributed by atoms with Gasteiger partial charge in [0.05, 0.1) is 13.7 Å². The summed E-state index contributed by atoms with van der Waals surface area (Å²) in [5.41, 5.74) is 4.49. The normalized spacial score (nSPS) is 11.4. The van der Waals surface area contributed by atoms with Gasteiger partial charge in [-0.1, -0.05) is 42.5 Å². The second kappa shape index (κ2) is 6.21. The summed E-state index contributed by atoms with van der Waals surface area (Å²) in [6.45, 7) is 2.07. The van der Waals surface area contributed by atoms with Gasteiger partial charge >= 0.3 is 0 Å². The van der Waals surface area contributed by atoms with Gasteiger partial charge in [-0.3, -0.25) is 0 Å². The predicted octanol–water partition coefficient (Wildman–Crippen LogP) is 3.76. The molecule has 2 heteroatoms. The molecule has 0 radical (unpaired) electrons. The molecule has 0 bridgehead atoms. The van der Waals surface area contributed by atoms with Crippen LogP contribution in [0.15, 0.2) is 54.6 Å². The zero-order valence-corrected chi connectivity index (χ0v) is 11.3. The van der Waals surface area contributed by atoms with Crippen LogP contribution < -0.4 is 4.74 Å². The maximum atomic E-state index is 8.90. The summed E-state index contributed by atoms with van der Waals surface area (Å²) in [5, 5.41) is 8.90. The smallest absolute Gasteiger partial charge is 0.119 e. The third-order valence-corrected chi connectivity index (χ3v) is 3.14. The highest BCUT2D eigenvalue weighted by atomic mass is 16.5. The Balaban J connectivity index is 2.29. The Morgan fingerprint density at radius 3 is 2.47 bits per heavy atom. The Labute approximate surface area is 114 Å². The topological polar surface area (TPSA) is 29.5 Å². The van der Waals surface area contributed by atoms with Crippen LogP contribution in [-0.4, -0.2) is 18.8 Å². The molecule has 0 aliphatic rings. The highest BCUT2D eigenvalue weighted by Gasteiger charge is 2.01. The zero-order valence-electron chi connectivity index (χ0n) is 11.3. The molecule has 19 heavy (non-hydrogen) atoms. The molecule has 0 fully saturated rings. The molecular weight excluding hydrogens is 236 g/mol. The highest BCUT2D eigenvalue weighted by Crippen LogP contribution is 2.25. The number of benzene rings is 2. The van der Waals surface area contributed by atoms with Crippen molar-refractivity contribution in [2.45, 2.75) is 6.92 Å². The summed E-state index contributed by atoms with van der Waals surface area (Å²) in [6.07, 6.45) is 1.81. The third-order valence-electron chi connectivity index (χ3n) is 3.14. The fraction of sp³-hybridized carbons (Fsp3) is 0.176. The molecule has 0 amide bonds. The molecule has 2 aromatic rings. The van der Waals surface area contributed by atoms with E-state index in [2.05, 4.69) is 30.3 Å². The lowest BCUT2D eigenvalue weighted by atomic mass is 10.0. The third kappa shape index (κ3) is 3.24. The van der Waals surface area contributed by atoms with Crippen molar-refractivity contribution < 1.29 is 9.84 Å². The SMILES string of the molecule is COc1cccc(-c2ccc(C(C)=CCO)cc2)c1. The Morgan fingerprint density at radius 2 is 1.84 bits per heavy atom. The van der Waals surface area contributed by atoms with E-state index < -0.39 is 0 Å². The molecule has 2 aromatic carbocycles. The van der Waals surface area contributed by atoms with Crippen LogP contribution in [0.5, 0.6) is 5.75 Å². The minimum atomic E-state index is 0.0729. The molecule has 2 rings (SSSR count). The highest BCUT2D eigenvalue weighted by molar-refractivity contribution is 5.70.